The average Bonchev–Trinajstić information content (AvgIpc) is 2.17. The van der Waals surface area contributed by atoms with E-state index in [0.717, 1.165) is 5.39 Å². The first-order chi connectivity index (χ1) is 6.70. The van der Waals surface area contributed by atoms with Crippen LogP contribution in [0.3, 0.4) is 0 Å². The van der Waals surface area contributed by atoms with Gasteiger partial charge in [-0.2, -0.15) is 0 Å². The second-order valence-corrected chi connectivity index (χ2v) is 3.76. The largest absolute Gasteiger partial charge is 0.390 e. The number of rotatable bonds is 1. The highest BCUT2D eigenvalue weighted by molar-refractivity contribution is 6.38. The van der Waals surface area contributed by atoms with E-state index in [9.17, 15) is 0 Å². The van der Waals surface area contributed by atoms with Gasteiger partial charge in [0.25, 0.3) is 0 Å². The number of hydrogen-bond donors (Lipinski definition) is 1. The molecule has 0 radical (unpaired) electrons. The van der Waals surface area contributed by atoms with Crippen LogP contribution >= 0.6 is 23.2 Å². The Morgan fingerprint density at radius 1 is 1.21 bits per heavy atom. The van der Waals surface area contributed by atoms with Crippen LogP contribution < -0.4 is 0 Å². The van der Waals surface area contributed by atoms with Gasteiger partial charge in [0.15, 0.2) is 0 Å². The molecule has 1 heterocycles. The highest BCUT2D eigenvalue weighted by Gasteiger charge is 2.03. The molecule has 14 heavy (non-hydrogen) atoms. The number of benzene rings is 1. The fourth-order valence-electron chi connectivity index (χ4n) is 1.29. The molecule has 1 N–H and O–H groups in total. The smallest absolute Gasteiger partial charge is 0.0893 e. The first-order valence-corrected chi connectivity index (χ1v) is 4.82. The zero-order valence-corrected chi connectivity index (χ0v) is 8.68. The molecular weight excluding hydrogens is 221 g/mol. The van der Waals surface area contributed by atoms with E-state index in [-0.39, 0.29) is 6.61 Å². The van der Waals surface area contributed by atoms with Gasteiger partial charge in [0, 0.05) is 10.4 Å². The van der Waals surface area contributed by atoms with Crippen molar-refractivity contribution in [2.45, 2.75) is 6.61 Å². The highest BCUT2D eigenvalue weighted by atomic mass is 35.5. The van der Waals surface area contributed by atoms with E-state index < -0.39 is 0 Å². The first-order valence-electron chi connectivity index (χ1n) is 4.06. The minimum atomic E-state index is -0.0884. The number of fused-ring (bicyclic) bond motifs is 1. The molecular formula is C10H7Cl2NO. The van der Waals surface area contributed by atoms with Crippen LogP contribution in [-0.4, -0.2) is 10.1 Å². The maximum absolute atomic E-state index is 8.91. The maximum Gasteiger partial charge on any atom is 0.0893 e. The van der Waals surface area contributed by atoms with E-state index >= 15 is 0 Å². The number of nitrogens with zero attached hydrogens (tertiary/aromatic N) is 1. The van der Waals surface area contributed by atoms with Crippen molar-refractivity contribution in [3.8, 4) is 0 Å². The Hall–Kier alpha value is -0.830. The SMILES string of the molecule is OCc1ccc2cc(Cl)cc(Cl)c2n1. The van der Waals surface area contributed by atoms with E-state index in [4.69, 9.17) is 28.3 Å². The lowest BCUT2D eigenvalue weighted by molar-refractivity contribution is 0.277. The quantitative estimate of drug-likeness (QED) is 0.813. The summed E-state index contributed by atoms with van der Waals surface area (Å²) in [4.78, 5) is 4.19. The lowest BCUT2D eigenvalue weighted by Gasteiger charge is -2.02. The fourth-order valence-corrected chi connectivity index (χ4v) is 1.84. The molecule has 0 bridgehead atoms. The van der Waals surface area contributed by atoms with Crippen LogP contribution in [0.5, 0.6) is 0 Å². The second kappa shape index (κ2) is 3.73. The number of aliphatic hydroxyl groups excluding tert-OH is 1. The Morgan fingerprint density at radius 2 is 2.00 bits per heavy atom. The van der Waals surface area contributed by atoms with Crippen LogP contribution in [0.1, 0.15) is 5.69 Å². The van der Waals surface area contributed by atoms with Gasteiger partial charge >= 0.3 is 0 Å². The van der Waals surface area contributed by atoms with E-state index in [1.807, 2.05) is 6.07 Å². The van der Waals surface area contributed by atoms with Gasteiger partial charge in [-0.25, -0.2) is 4.98 Å². The predicted molar refractivity (Wildman–Crippen MR) is 57.7 cm³/mol. The summed E-state index contributed by atoms with van der Waals surface area (Å²) in [6.07, 6.45) is 0. The predicted octanol–water partition coefficient (Wildman–Crippen LogP) is 3.03. The number of aromatic nitrogens is 1. The van der Waals surface area contributed by atoms with E-state index in [1.165, 1.54) is 0 Å². The lowest BCUT2D eigenvalue weighted by atomic mass is 10.2. The number of hydrogen-bond acceptors (Lipinski definition) is 2. The van der Waals surface area contributed by atoms with Gasteiger partial charge in [-0.3, -0.25) is 0 Å². The van der Waals surface area contributed by atoms with Gasteiger partial charge in [-0.05, 0) is 18.2 Å². The highest BCUT2D eigenvalue weighted by Crippen LogP contribution is 2.26. The van der Waals surface area contributed by atoms with Crippen molar-refractivity contribution < 1.29 is 5.11 Å². The molecule has 1 aromatic carbocycles. The van der Waals surface area contributed by atoms with Crippen LogP contribution in [0.15, 0.2) is 24.3 Å². The van der Waals surface area contributed by atoms with Crippen LogP contribution in [0.25, 0.3) is 10.9 Å². The topological polar surface area (TPSA) is 33.1 Å². The first kappa shape index (κ1) is 9.71. The van der Waals surface area contributed by atoms with E-state index in [1.54, 1.807) is 18.2 Å². The Kier molecular flexibility index (Phi) is 2.59. The molecule has 0 aliphatic rings. The van der Waals surface area contributed by atoms with Crippen molar-refractivity contribution in [1.82, 2.24) is 4.98 Å². The number of aliphatic hydroxyl groups is 1. The molecule has 0 saturated heterocycles. The van der Waals surface area contributed by atoms with E-state index in [0.29, 0.717) is 21.3 Å². The summed E-state index contributed by atoms with van der Waals surface area (Å²) < 4.78 is 0. The molecule has 0 fully saturated rings. The molecule has 2 rings (SSSR count). The maximum atomic E-state index is 8.91. The minimum Gasteiger partial charge on any atom is -0.390 e. The van der Waals surface area contributed by atoms with Crippen LogP contribution in [-0.2, 0) is 6.61 Å². The standard InChI is InChI=1S/C10H7Cl2NO/c11-7-3-6-1-2-8(5-14)13-10(6)9(12)4-7/h1-4,14H,5H2. The molecule has 1 aromatic heterocycles. The third-order valence-corrected chi connectivity index (χ3v) is 2.44. The monoisotopic (exact) mass is 227 g/mol. The van der Waals surface area contributed by atoms with Gasteiger partial charge in [0.2, 0.25) is 0 Å². The summed E-state index contributed by atoms with van der Waals surface area (Å²) in [6, 6.07) is 7.01. The normalized spacial score (nSPS) is 10.8. The van der Waals surface area contributed by atoms with Gasteiger partial charge < -0.3 is 5.11 Å². The van der Waals surface area contributed by atoms with Crippen molar-refractivity contribution in [3.63, 3.8) is 0 Å². The molecule has 4 heteroatoms. The molecule has 2 aromatic rings. The lowest BCUT2D eigenvalue weighted by Crippen LogP contribution is -1.89. The summed E-state index contributed by atoms with van der Waals surface area (Å²) in [5.41, 5.74) is 1.27. The molecule has 0 aliphatic carbocycles. The molecule has 2 nitrogen and oxygen atoms in total. The van der Waals surface area contributed by atoms with Gasteiger partial charge in [-0.15, -0.1) is 0 Å². The van der Waals surface area contributed by atoms with Crippen LogP contribution in [0, 0.1) is 0 Å². The Morgan fingerprint density at radius 3 is 2.71 bits per heavy atom. The fraction of sp³-hybridized carbons (Fsp3) is 0.100. The van der Waals surface area contributed by atoms with Crippen LogP contribution in [0.2, 0.25) is 10.0 Å². The zero-order valence-electron chi connectivity index (χ0n) is 7.17. The molecule has 0 unspecified atom stereocenters. The Labute approximate surface area is 91.1 Å². The van der Waals surface area contributed by atoms with Crippen molar-refractivity contribution in [1.29, 1.82) is 0 Å². The van der Waals surface area contributed by atoms with Crippen molar-refractivity contribution in [2.24, 2.45) is 0 Å². The second-order valence-electron chi connectivity index (χ2n) is 2.92. The third kappa shape index (κ3) is 1.69. The number of pyridine rings is 1. The summed E-state index contributed by atoms with van der Waals surface area (Å²) in [5.74, 6) is 0. The summed E-state index contributed by atoms with van der Waals surface area (Å²) in [7, 11) is 0. The molecule has 0 saturated carbocycles. The summed E-state index contributed by atoms with van der Waals surface area (Å²) in [6.45, 7) is -0.0884. The molecule has 0 spiro atoms. The summed E-state index contributed by atoms with van der Waals surface area (Å²) >= 11 is 11.8. The molecule has 0 amide bonds. The zero-order chi connectivity index (χ0) is 10.1. The minimum absolute atomic E-state index is 0.0884. The van der Waals surface area contributed by atoms with Gasteiger partial charge in [0.05, 0.1) is 22.8 Å². The van der Waals surface area contributed by atoms with Crippen molar-refractivity contribution in [3.05, 3.63) is 40.0 Å². The van der Waals surface area contributed by atoms with Crippen molar-refractivity contribution in [2.75, 3.05) is 0 Å². The van der Waals surface area contributed by atoms with Crippen molar-refractivity contribution >= 4 is 34.1 Å². The third-order valence-electron chi connectivity index (χ3n) is 1.93. The molecule has 0 aliphatic heterocycles. The molecule has 0 atom stereocenters. The van der Waals surface area contributed by atoms with Gasteiger partial charge in [0.1, 0.15) is 0 Å². The Bertz CT molecular complexity index is 485. The van der Waals surface area contributed by atoms with Crippen LogP contribution in [0.4, 0.5) is 0 Å². The summed E-state index contributed by atoms with van der Waals surface area (Å²) in [5, 5.41) is 10.9. The van der Waals surface area contributed by atoms with E-state index in [2.05, 4.69) is 4.98 Å². The number of halogens is 2. The van der Waals surface area contributed by atoms with Gasteiger partial charge in [-0.1, -0.05) is 29.3 Å². The molecule has 72 valence electrons. The Balaban J connectivity index is 2.75. The average molecular weight is 228 g/mol.